The van der Waals surface area contributed by atoms with Gasteiger partial charge in [-0.25, -0.2) is 14.8 Å². The Balaban J connectivity index is 2.71. The fourth-order valence-corrected chi connectivity index (χ4v) is 1.92. The van der Waals surface area contributed by atoms with Crippen molar-refractivity contribution in [2.24, 2.45) is 5.73 Å². The van der Waals surface area contributed by atoms with Crippen molar-refractivity contribution in [3.8, 4) is 0 Å². The fraction of sp³-hybridized carbons (Fsp3) is 0.583. The highest BCUT2D eigenvalue weighted by molar-refractivity contribution is 6.34. The van der Waals surface area contributed by atoms with Gasteiger partial charge in [-0.2, -0.15) is 0 Å². The van der Waals surface area contributed by atoms with Gasteiger partial charge in [0.25, 0.3) is 0 Å². The average molecular weight is 321 g/mol. The SMILES string of the molecule is CC(C)(C)OC(=O)NC(CN)Cc1c(Cl)ncnc1Cl. The molecular weight excluding hydrogens is 303 g/mol. The Labute approximate surface area is 128 Å². The van der Waals surface area contributed by atoms with E-state index in [2.05, 4.69) is 15.3 Å². The summed E-state index contributed by atoms with van der Waals surface area (Å²) in [4.78, 5) is 19.4. The Bertz CT molecular complexity index is 457. The minimum absolute atomic E-state index is 0.209. The van der Waals surface area contributed by atoms with Crippen LogP contribution in [0.1, 0.15) is 26.3 Å². The number of aromatic nitrogens is 2. The highest BCUT2D eigenvalue weighted by Gasteiger charge is 2.21. The van der Waals surface area contributed by atoms with Crippen LogP contribution in [-0.2, 0) is 11.2 Å². The summed E-state index contributed by atoms with van der Waals surface area (Å²) >= 11 is 11.9. The minimum atomic E-state index is -0.575. The van der Waals surface area contributed by atoms with Crippen LogP contribution in [0.3, 0.4) is 0 Å². The Kier molecular flexibility index (Phi) is 5.98. The fourth-order valence-electron chi connectivity index (χ4n) is 1.45. The molecule has 0 radical (unpaired) electrons. The molecule has 1 unspecified atom stereocenters. The molecule has 0 aromatic carbocycles. The second-order valence-corrected chi connectivity index (χ2v) is 5.93. The quantitative estimate of drug-likeness (QED) is 0.830. The van der Waals surface area contributed by atoms with E-state index in [1.807, 2.05) is 0 Å². The molecule has 0 saturated carbocycles. The van der Waals surface area contributed by atoms with Crippen LogP contribution in [0.5, 0.6) is 0 Å². The highest BCUT2D eigenvalue weighted by atomic mass is 35.5. The van der Waals surface area contributed by atoms with Crippen LogP contribution in [0.4, 0.5) is 4.79 Å². The number of hydrogen-bond donors (Lipinski definition) is 2. The third kappa shape index (κ3) is 5.48. The molecule has 8 heteroatoms. The second-order valence-electron chi connectivity index (χ2n) is 5.22. The molecule has 0 saturated heterocycles. The van der Waals surface area contributed by atoms with Crippen molar-refractivity contribution in [2.75, 3.05) is 6.54 Å². The number of hydrogen-bond acceptors (Lipinski definition) is 5. The molecule has 0 aliphatic heterocycles. The van der Waals surface area contributed by atoms with Gasteiger partial charge in [0.05, 0.1) is 0 Å². The molecule has 0 spiro atoms. The smallest absolute Gasteiger partial charge is 0.407 e. The number of nitrogens with one attached hydrogen (secondary N) is 1. The molecule has 6 nitrogen and oxygen atoms in total. The first kappa shape index (κ1) is 16.9. The first-order chi connectivity index (χ1) is 9.23. The molecule has 1 atom stereocenters. The minimum Gasteiger partial charge on any atom is -0.444 e. The predicted octanol–water partition coefficient (Wildman–Crippen LogP) is 2.18. The van der Waals surface area contributed by atoms with Gasteiger partial charge >= 0.3 is 6.09 Å². The lowest BCUT2D eigenvalue weighted by molar-refractivity contribution is 0.0506. The van der Waals surface area contributed by atoms with Crippen molar-refractivity contribution in [1.82, 2.24) is 15.3 Å². The molecule has 3 N–H and O–H groups in total. The van der Waals surface area contributed by atoms with Crippen LogP contribution in [0.15, 0.2) is 6.33 Å². The molecular formula is C12H18Cl2N4O2. The monoisotopic (exact) mass is 320 g/mol. The molecule has 0 fully saturated rings. The van der Waals surface area contributed by atoms with E-state index in [1.165, 1.54) is 6.33 Å². The Morgan fingerprint density at radius 2 is 1.95 bits per heavy atom. The maximum absolute atomic E-state index is 11.7. The standard InChI is InChI=1S/C12H18Cl2N4O2/c1-12(2,3)20-11(19)18-7(5-15)4-8-9(13)16-6-17-10(8)14/h6-7H,4-5,15H2,1-3H3,(H,18,19). The predicted molar refractivity (Wildman–Crippen MR) is 78.0 cm³/mol. The number of ether oxygens (including phenoxy) is 1. The number of halogens is 2. The number of alkyl carbamates (subject to hydrolysis) is 1. The summed E-state index contributed by atoms with van der Waals surface area (Å²) < 4.78 is 5.17. The van der Waals surface area contributed by atoms with Crippen LogP contribution in [0.25, 0.3) is 0 Å². The topological polar surface area (TPSA) is 90.1 Å². The van der Waals surface area contributed by atoms with Crippen molar-refractivity contribution in [2.45, 2.75) is 38.8 Å². The Hall–Kier alpha value is -1.11. The molecule has 20 heavy (non-hydrogen) atoms. The molecule has 112 valence electrons. The third-order valence-corrected chi connectivity index (χ3v) is 2.95. The van der Waals surface area contributed by atoms with Crippen LogP contribution in [-0.4, -0.2) is 34.2 Å². The summed E-state index contributed by atoms with van der Waals surface area (Å²) in [6.45, 7) is 5.55. The van der Waals surface area contributed by atoms with Crippen LogP contribution in [0, 0.1) is 0 Å². The first-order valence-corrected chi connectivity index (χ1v) is 6.83. The molecule has 1 aromatic heterocycles. The molecule has 0 aliphatic carbocycles. The average Bonchev–Trinajstić information content (AvgIpc) is 2.30. The van der Waals surface area contributed by atoms with Crippen molar-refractivity contribution in [3.63, 3.8) is 0 Å². The van der Waals surface area contributed by atoms with Crippen LogP contribution >= 0.6 is 23.2 Å². The van der Waals surface area contributed by atoms with Crippen LogP contribution in [0.2, 0.25) is 10.3 Å². The van der Waals surface area contributed by atoms with Crippen molar-refractivity contribution < 1.29 is 9.53 Å². The number of nitrogens with two attached hydrogens (primary N) is 1. The second kappa shape index (κ2) is 7.06. The van der Waals surface area contributed by atoms with Gasteiger partial charge in [0.15, 0.2) is 0 Å². The third-order valence-electron chi connectivity index (χ3n) is 2.30. The van der Waals surface area contributed by atoms with E-state index in [4.69, 9.17) is 33.7 Å². The van der Waals surface area contributed by atoms with Gasteiger partial charge in [-0.15, -0.1) is 0 Å². The summed E-state index contributed by atoms with van der Waals surface area (Å²) in [5, 5.41) is 3.16. The maximum atomic E-state index is 11.7. The molecule has 1 aromatic rings. The van der Waals surface area contributed by atoms with E-state index in [-0.39, 0.29) is 22.9 Å². The van der Waals surface area contributed by atoms with Gasteiger partial charge in [0.1, 0.15) is 22.2 Å². The van der Waals surface area contributed by atoms with Gasteiger partial charge in [-0.1, -0.05) is 23.2 Å². The lowest BCUT2D eigenvalue weighted by atomic mass is 10.1. The molecule has 0 bridgehead atoms. The maximum Gasteiger partial charge on any atom is 0.407 e. The number of carbonyl (C=O) groups is 1. The lowest BCUT2D eigenvalue weighted by Gasteiger charge is -2.23. The van der Waals surface area contributed by atoms with Crippen molar-refractivity contribution >= 4 is 29.3 Å². The summed E-state index contributed by atoms with van der Waals surface area (Å²) in [5.74, 6) is 0. The molecule has 0 aliphatic rings. The molecule has 1 rings (SSSR count). The van der Waals surface area contributed by atoms with Gasteiger partial charge in [0, 0.05) is 24.6 Å². The zero-order chi connectivity index (χ0) is 15.3. The van der Waals surface area contributed by atoms with Gasteiger partial charge in [0.2, 0.25) is 0 Å². The Morgan fingerprint density at radius 1 is 1.40 bits per heavy atom. The Morgan fingerprint density at radius 3 is 2.40 bits per heavy atom. The number of carbonyl (C=O) groups excluding carboxylic acids is 1. The molecule has 1 amide bonds. The van der Waals surface area contributed by atoms with E-state index >= 15 is 0 Å². The van der Waals surface area contributed by atoms with E-state index < -0.39 is 11.7 Å². The summed E-state index contributed by atoms with van der Waals surface area (Å²) in [5.41, 5.74) is 5.60. The van der Waals surface area contributed by atoms with Crippen molar-refractivity contribution in [3.05, 3.63) is 22.2 Å². The van der Waals surface area contributed by atoms with Gasteiger partial charge in [-0.3, -0.25) is 0 Å². The van der Waals surface area contributed by atoms with E-state index in [1.54, 1.807) is 20.8 Å². The first-order valence-electron chi connectivity index (χ1n) is 6.07. The summed E-state index contributed by atoms with van der Waals surface area (Å²) in [6, 6.07) is -0.370. The zero-order valence-electron chi connectivity index (χ0n) is 11.6. The zero-order valence-corrected chi connectivity index (χ0v) is 13.1. The largest absolute Gasteiger partial charge is 0.444 e. The molecule has 1 heterocycles. The summed E-state index contributed by atoms with van der Waals surface area (Å²) in [7, 11) is 0. The van der Waals surface area contributed by atoms with Crippen molar-refractivity contribution in [1.29, 1.82) is 0 Å². The highest BCUT2D eigenvalue weighted by Crippen LogP contribution is 2.21. The summed E-state index contributed by atoms with van der Waals surface area (Å²) in [6.07, 6.45) is 1.05. The normalized spacial score (nSPS) is 12.9. The van der Waals surface area contributed by atoms with Crippen LogP contribution < -0.4 is 11.1 Å². The van der Waals surface area contributed by atoms with Gasteiger partial charge < -0.3 is 15.8 Å². The number of nitrogens with zero attached hydrogens (tertiary/aromatic N) is 2. The van der Waals surface area contributed by atoms with E-state index in [9.17, 15) is 4.79 Å². The van der Waals surface area contributed by atoms with Gasteiger partial charge in [-0.05, 0) is 20.8 Å². The number of rotatable bonds is 4. The number of amides is 1. The lowest BCUT2D eigenvalue weighted by Crippen LogP contribution is -2.44. The van der Waals surface area contributed by atoms with E-state index in [0.29, 0.717) is 12.0 Å². The van der Waals surface area contributed by atoms with E-state index in [0.717, 1.165) is 0 Å².